The molecule has 1 aliphatic rings. The van der Waals surface area contributed by atoms with Gasteiger partial charge in [-0.2, -0.15) is 5.10 Å². The Morgan fingerprint density at radius 2 is 2.04 bits per heavy atom. The molecule has 0 saturated carbocycles. The van der Waals surface area contributed by atoms with E-state index < -0.39 is 0 Å². The highest BCUT2D eigenvalue weighted by atomic mass is 15.3. The molecule has 0 radical (unpaired) electrons. The highest BCUT2D eigenvalue weighted by molar-refractivity contribution is 5.17. The monoisotopic (exact) mass is 354 g/mol. The van der Waals surface area contributed by atoms with Gasteiger partial charge in [0.1, 0.15) is 0 Å². The maximum absolute atomic E-state index is 4.64. The van der Waals surface area contributed by atoms with E-state index in [0.717, 1.165) is 32.0 Å². The Kier molecular flexibility index (Phi) is 6.86. The third-order valence-electron chi connectivity index (χ3n) is 5.56. The van der Waals surface area contributed by atoms with Gasteiger partial charge in [-0.25, -0.2) is 0 Å². The predicted molar refractivity (Wildman–Crippen MR) is 108 cm³/mol. The minimum Gasteiger partial charge on any atom is -0.306 e. The zero-order valence-corrected chi connectivity index (χ0v) is 16.7. The van der Waals surface area contributed by atoms with Crippen LogP contribution >= 0.6 is 0 Å². The number of hydrogen-bond acceptors (Lipinski definition) is 3. The Bertz CT molecular complexity index is 664. The molecule has 1 unspecified atom stereocenters. The summed E-state index contributed by atoms with van der Waals surface area (Å²) in [5.74, 6) is 0.783. The molecule has 1 saturated heterocycles. The van der Waals surface area contributed by atoms with Crippen molar-refractivity contribution < 1.29 is 0 Å². The fraction of sp³-hybridized carbons (Fsp3) is 0.591. The summed E-state index contributed by atoms with van der Waals surface area (Å²) in [7, 11) is 2.26. The van der Waals surface area contributed by atoms with Gasteiger partial charge >= 0.3 is 0 Å². The van der Waals surface area contributed by atoms with Gasteiger partial charge in [0.25, 0.3) is 0 Å². The molecule has 1 aromatic carbocycles. The molecule has 0 spiro atoms. The normalized spacial score (nSPS) is 18.5. The number of aromatic nitrogens is 2. The van der Waals surface area contributed by atoms with Crippen molar-refractivity contribution in [3.63, 3.8) is 0 Å². The van der Waals surface area contributed by atoms with E-state index in [4.69, 9.17) is 0 Å². The first-order valence-corrected chi connectivity index (χ1v) is 10.1. The standard InChI is InChI=1S/C22H34N4/c1-4-26-18-22(19(2)23-26)17-25(14-12-20-9-6-5-7-10-20)16-21-11-8-13-24(3)15-21/h5-7,9-10,18,21H,4,8,11-17H2,1-3H3. The third-order valence-corrected chi connectivity index (χ3v) is 5.56. The number of benzene rings is 1. The van der Waals surface area contributed by atoms with Gasteiger partial charge < -0.3 is 4.90 Å². The maximum atomic E-state index is 4.64. The van der Waals surface area contributed by atoms with Crippen molar-refractivity contribution in [2.75, 3.05) is 33.2 Å². The second kappa shape index (κ2) is 9.33. The number of rotatable bonds is 8. The minimum absolute atomic E-state index is 0.783. The van der Waals surface area contributed by atoms with E-state index in [2.05, 4.69) is 77.0 Å². The Hall–Kier alpha value is -1.65. The lowest BCUT2D eigenvalue weighted by atomic mass is 9.97. The molecule has 1 fully saturated rings. The third kappa shape index (κ3) is 5.42. The number of piperidine rings is 1. The van der Waals surface area contributed by atoms with Crippen LogP contribution in [-0.4, -0.2) is 52.8 Å². The van der Waals surface area contributed by atoms with Crippen molar-refractivity contribution in [3.8, 4) is 0 Å². The second-order valence-electron chi connectivity index (χ2n) is 7.84. The first-order valence-electron chi connectivity index (χ1n) is 10.1. The van der Waals surface area contributed by atoms with Gasteiger partial charge in [-0.3, -0.25) is 9.58 Å². The lowest BCUT2D eigenvalue weighted by molar-refractivity contribution is 0.148. The Morgan fingerprint density at radius 1 is 1.23 bits per heavy atom. The molecule has 3 rings (SSSR count). The summed E-state index contributed by atoms with van der Waals surface area (Å²) < 4.78 is 2.06. The van der Waals surface area contributed by atoms with E-state index in [1.54, 1.807) is 0 Å². The minimum atomic E-state index is 0.783. The zero-order chi connectivity index (χ0) is 18.4. The second-order valence-corrected chi connectivity index (χ2v) is 7.84. The van der Waals surface area contributed by atoms with Gasteiger partial charge in [-0.1, -0.05) is 30.3 Å². The summed E-state index contributed by atoms with van der Waals surface area (Å²) in [4.78, 5) is 5.14. The summed E-state index contributed by atoms with van der Waals surface area (Å²) in [6.45, 7) is 11.0. The van der Waals surface area contributed by atoms with Crippen LogP contribution in [-0.2, 0) is 19.5 Å². The van der Waals surface area contributed by atoms with E-state index in [-0.39, 0.29) is 0 Å². The quantitative estimate of drug-likeness (QED) is 0.724. The van der Waals surface area contributed by atoms with Crippen molar-refractivity contribution >= 4 is 0 Å². The average Bonchev–Trinajstić information content (AvgIpc) is 3.00. The SMILES string of the molecule is CCn1cc(CN(CCc2ccccc2)CC2CCCN(C)C2)c(C)n1. The van der Waals surface area contributed by atoms with Crippen LogP contribution in [0.5, 0.6) is 0 Å². The number of likely N-dealkylation sites (tertiary alicyclic amines) is 1. The molecule has 4 heteroatoms. The molecule has 0 bridgehead atoms. The van der Waals surface area contributed by atoms with Crippen LogP contribution in [0.25, 0.3) is 0 Å². The number of nitrogens with zero attached hydrogens (tertiary/aromatic N) is 4. The van der Waals surface area contributed by atoms with Gasteiger partial charge in [0.05, 0.1) is 5.69 Å². The van der Waals surface area contributed by atoms with Crippen LogP contribution in [0.3, 0.4) is 0 Å². The molecule has 1 aromatic heterocycles. The molecule has 1 aliphatic heterocycles. The van der Waals surface area contributed by atoms with Crippen LogP contribution < -0.4 is 0 Å². The highest BCUT2D eigenvalue weighted by Gasteiger charge is 2.21. The van der Waals surface area contributed by atoms with Gasteiger partial charge in [0.15, 0.2) is 0 Å². The van der Waals surface area contributed by atoms with Crippen LogP contribution in [0.2, 0.25) is 0 Å². The smallest absolute Gasteiger partial charge is 0.0638 e. The van der Waals surface area contributed by atoms with Gasteiger partial charge in [-0.15, -0.1) is 0 Å². The van der Waals surface area contributed by atoms with Gasteiger partial charge in [0, 0.05) is 44.5 Å². The fourth-order valence-corrected chi connectivity index (χ4v) is 4.07. The molecule has 26 heavy (non-hydrogen) atoms. The fourth-order valence-electron chi connectivity index (χ4n) is 4.07. The molecule has 1 atom stereocenters. The van der Waals surface area contributed by atoms with E-state index >= 15 is 0 Å². The molecular formula is C22H34N4. The molecule has 0 N–H and O–H groups in total. The summed E-state index contributed by atoms with van der Waals surface area (Å²) in [6, 6.07) is 10.9. The van der Waals surface area contributed by atoms with Gasteiger partial charge in [0.2, 0.25) is 0 Å². The molecule has 142 valence electrons. The van der Waals surface area contributed by atoms with Gasteiger partial charge in [-0.05, 0) is 58.2 Å². The molecule has 2 aromatic rings. The highest BCUT2D eigenvalue weighted by Crippen LogP contribution is 2.19. The Labute approximate surface area is 158 Å². The molecule has 2 heterocycles. The van der Waals surface area contributed by atoms with Crippen molar-refractivity contribution in [2.45, 2.75) is 46.2 Å². The first-order chi connectivity index (χ1) is 12.6. The lowest BCUT2D eigenvalue weighted by Gasteiger charge is -2.34. The van der Waals surface area contributed by atoms with E-state index in [0.29, 0.717) is 0 Å². The number of aryl methyl sites for hydroxylation is 2. The van der Waals surface area contributed by atoms with Crippen molar-refractivity contribution in [2.24, 2.45) is 5.92 Å². The maximum Gasteiger partial charge on any atom is 0.0638 e. The Morgan fingerprint density at radius 3 is 2.73 bits per heavy atom. The predicted octanol–water partition coefficient (Wildman–Crippen LogP) is 3.60. The summed E-state index contributed by atoms with van der Waals surface area (Å²) in [5.41, 5.74) is 3.99. The molecule has 0 aliphatic carbocycles. The Balaban J connectivity index is 1.66. The largest absolute Gasteiger partial charge is 0.306 e. The summed E-state index contributed by atoms with van der Waals surface area (Å²) in [6.07, 6.45) is 6.04. The summed E-state index contributed by atoms with van der Waals surface area (Å²) >= 11 is 0. The van der Waals surface area contributed by atoms with Crippen molar-refractivity contribution in [1.82, 2.24) is 19.6 Å². The zero-order valence-electron chi connectivity index (χ0n) is 16.7. The number of hydrogen-bond donors (Lipinski definition) is 0. The van der Waals surface area contributed by atoms with Crippen LogP contribution in [0.15, 0.2) is 36.5 Å². The topological polar surface area (TPSA) is 24.3 Å². The summed E-state index contributed by atoms with van der Waals surface area (Å²) in [5, 5.41) is 4.64. The van der Waals surface area contributed by atoms with Crippen LogP contribution in [0.4, 0.5) is 0 Å². The van der Waals surface area contributed by atoms with E-state index in [9.17, 15) is 0 Å². The molecule has 4 nitrogen and oxygen atoms in total. The van der Waals surface area contributed by atoms with Crippen LogP contribution in [0, 0.1) is 12.8 Å². The van der Waals surface area contributed by atoms with E-state index in [1.165, 1.54) is 49.3 Å². The molecule has 0 amide bonds. The average molecular weight is 355 g/mol. The first kappa shape index (κ1) is 19.1. The van der Waals surface area contributed by atoms with Crippen molar-refractivity contribution in [1.29, 1.82) is 0 Å². The van der Waals surface area contributed by atoms with E-state index in [1.807, 2.05) is 0 Å². The van der Waals surface area contributed by atoms with Crippen LogP contribution in [0.1, 0.15) is 36.6 Å². The molecular weight excluding hydrogens is 320 g/mol. The lowest BCUT2D eigenvalue weighted by Crippen LogP contribution is -2.39. The van der Waals surface area contributed by atoms with Crippen molar-refractivity contribution in [3.05, 3.63) is 53.3 Å².